The smallest absolute Gasteiger partial charge is 0.410 e. The van der Waals surface area contributed by atoms with Crippen molar-refractivity contribution in [2.45, 2.75) is 83.0 Å². The van der Waals surface area contributed by atoms with Gasteiger partial charge in [-0.3, -0.25) is 9.59 Å². The van der Waals surface area contributed by atoms with Crippen LogP contribution in [0.1, 0.15) is 65.7 Å². The van der Waals surface area contributed by atoms with Gasteiger partial charge in [-0.25, -0.2) is 4.79 Å². The highest BCUT2D eigenvalue weighted by atomic mass is 19.4. The number of carbonyl (C=O) groups is 3. The molecule has 0 aromatic rings. The summed E-state index contributed by atoms with van der Waals surface area (Å²) in [5.41, 5.74) is 4.42. The number of hydrogen-bond acceptors (Lipinski definition) is 4. The number of nitrogens with one attached hydrogen (secondary N) is 1. The van der Waals surface area contributed by atoms with Gasteiger partial charge < -0.3 is 20.7 Å². The zero-order chi connectivity index (χ0) is 23.4. The van der Waals surface area contributed by atoms with Crippen molar-refractivity contribution in [2.75, 3.05) is 13.1 Å². The van der Waals surface area contributed by atoms with Crippen LogP contribution in [0.4, 0.5) is 18.0 Å². The van der Waals surface area contributed by atoms with Gasteiger partial charge in [-0.15, -0.1) is 0 Å². The van der Waals surface area contributed by atoms with Crippen molar-refractivity contribution in [1.29, 1.82) is 0 Å². The number of ether oxygens (including phenoxy) is 1. The molecule has 0 aromatic heterocycles. The third kappa shape index (κ3) is 7.43. The first-order valence-corrected chi connectivity index (χ1v) is 10.6. The van der Waals surface area contributed by atoms with E-state index in [0.717, 1.165) is 0 Å². The van der Waals surface area contributed by atoms with Crippen LogP contribution in [0, 0.1) is 5.92 Å². The van der Waals surface area contributed by atoms with Crippen LogP contribution in [0.3, 0.4) is 0 Å². The zero-order valence-corrected chi connectivity index (χ0v) is 18.3. The Bertz CT molecular complexity index is 710. The molecule has 176 valence electrons. The van der Waals surface area contributed by atoms with Gasteiger partial charge >= 0.3 is 12.3 Å². The number of carbonyl (C=O) groups excluding carboxylic acids is 3. The molecule has 0 radical (unpaired) electrons. The maximum atomic E-state index is 12.8. The van der Waals surface area contributed by atoms with Gasteiger partial charge in [-0.2, -0.15) is 13.2 Å². The topological polar surface area (TPSA) is 102 Å². The van der Waals surface area contributed by atoms with Gasteiger partial charge in [0.2, 0.25) is 11.8 Å². The van der Waals surface area contributed by atoms with E-state index in [9.17, 15) is 27.6 Å². The highest BCUT2D eigenvalue weighted by molar-refractivity contribution is 5.91. The standard InChI is InChI=1S/C21H32F3N3O4/c1-19(2,3)31-18(30)27-12-10-20(11-13-27,17(25)29)26-16(28)15-6-4-14(5-7-15)8-9-21(22,23)24/h8,15H,4-7,9-13H2,1-3H3,(H2,25,29)(H,26,28). The molecule has 31 heavy (non-hydrogen) atoms. The fourth-order valence-electron chi connectivity index (χ4n) is 3.88. The van der Waals surface area contributed by atoms with Gasteiger partial charge in [-0.1, -0.05) is 11.6 Å². The summed E-state index contributed by atoms with van der Waals surface area (Å²) in [6.45, 7) is 5.71. The lowest BCUT2D eigenvalue weighted by Gasteiger charge is -2.41. The molecule has 3 amide bonds. The molecular weight excluding hydrogens is 415 g/mol. The van der Waals surface area contributed by atoms with E-state index in [4.69, 9.17) is 10.5 Å². The van der Waals surface area contributed by atoms with E-state index in [1.807, 2.05) is 0 Å². The summed E-state index contributed by atoms with van der Waals surface area (Å²) < 4.78 is 42.4. The average molecular weight is 447 g/mol. The molecule has 3 N–H and O–H groups in total. The first-order chi connectivity index (χ1) is 14.2. The van der Waals surface area contributed by atoms with Crippen LogP contribution in [0.15, 0.2) is 11.6 Å². The summed E-state index contributed by atoms with van der Waals surface area (Å²) in [5, 5.41) is 2.79. The lowest BCUT2D eigenvalue weighted by atomic mass is 9.82. The van der Waals surface area contributed by atoms with E-state index in [0.29, 0.717) is 31.3 Å². The van der Waals surface area contributed by atoms with E-state index < -0.39 is 35.7 Å². The number of halogens is 3. The number of rotatable bonds is 4. The van der Waals surface area contributed by atoms with Crippen LogP contribution in [0.5, 0.6) is 0 Å². The fourth-order valence-corrected chi connectivity index (χ4v) is 3.88. The molecule has 1 aliphatic heterocycles. The van der Waals surface area contributed by atoms with Gasteiger partial charge in [0.25, 0.3) is 0 Å². The number of likely N-dealkylation sites (tertiary alicyclic amines) is 1. The van der Waals surface area contributed by atoms with Gasteiger partial charge in [-0.05, 0) is 59.3 Å². The SMILES string of the molecule is CC(C)(C)OC(=O)N1CCC(NC(=O)C2CCC(=CCC(F)(F)F)CC2)(C(N)=O)CC1. The summed E-state index contributed by atoms with van der Waals surface area (Å²) >= 11 is 0. The highest BCUT2D eigenvalue weighted by Gasteiger charge is 2.44. The third-order valence-corrected chi connectivity index (χ3v) is 5.72. The number of alkyl halides is 3. The van der Waals surface area contributed by atoms with Crippen molar-refractivity contribution in [3.63, 3.8) is 0 Å². The van der Waals surface area contributed by atoms with Gasteiger partial charge in [0.1, 0.15) is 11.1 Å². The molecule has 0 spiro atoms. The molecule has 2 rings (SSSR count). The first kappa shape index (κ1) is 25.0. The van der Waals surface area contributed by atoms with Crippen molar-refractivity contribution in [3.05, 3.63) is 11.6 Å². The number of allylic oxidation sites excluding steroid dienone is 2. The van der Waals surface area contributed by atoms with Crippen LogP contribution < -0.4 is 11.1 Å². The number of amides is 3. The first-order valence-electron chi connectivity index (χ1n) is 10.6. The summed E-state index contributed by atoms with van der Waals surface area (Å²) in [5.74, 6) is -1.37. The van der Waals surface area contributed by atoms with Crippen molar-refractivity contribution < 1.29 is 32.3 Å². The molecule has 10 heteroatoms. The largest absolute Gasteiger partial charge is 0.444 e. The quantitative estimate of drug-likeness (QED) is 0.645. The Morgan fingerprint density at radius 2 is 1.71 bits per heavy atom. The highest BCUT2D eigenvalue weighted by Crippen LogP contribution is 2.32. The predicted molar refractivity (Wildman–Crippen MR) is 108 cm³/mol. The minimum atomic E-state index is -4.23. The number of primary amides is 1. The molecule has 0 aromatic carbocycles. The zero-order valence-electron chi connectivity index (χ0n) is 18.3. The third-order valence-electron chi connectivity index (χ3n) is 5.72. The maximum absolute atomic E-state index is 12.8. The molecular formula is C21H32F3N3O4. The average Bonchev–Trinajstić information content (AvgIpc) is 2.65. The van der Waals surface area contributed by atoms with Gasteiger partial charge in [0.05, 0.1) is 6.42 Å². The van der Waals surface area contributed by atoms with Crippen molar-refractivity contribution in [2.24, 2.45) is 11.7 Å². The Labute approximate surface area is 180 Å². The Morgan fingerprint density at radius 1 is 1.16 bits per heavy atom. The van der Waals surface area contributed by atoms with Crippen molar-refractivity contribution in [1.82, 2.24) is 10.2 Å². The molecule has 2 aliphatic rings. The summed E-state index contributed by atoms with van der Waals surface area (Å²) in [4.78, 5) is 38.7. The molecule has 0 atom stereocenters. The Hall–Kier alpha value is -2.26. The monoisotopic (exact) mass is 447 g/mol. The number of hydrogen-bond donors (Lipinski definition) is 2. The van der Waals surface area contributed by atoms with Crippen LogP contribution >= 0.6 is 0 Å². The number of piperidine rings is 1. The molecule has 1 aliphatic carbocycles. The van der Waals surface area contributed by atoms with Crippen molar-refractivity contribution >= 4 is 17.9 Å². The van der Waals surface area contributed by atoms with Crippen molar-refractivity contribution in [3.8, 4) is 0 Å². The summed E-state index contributed by atoms with van der Waals surface area (Å²) in [6, 6.07) is 0. The fraction of sp³-hybridized carbons (Fsp3) is 0.762. The van der Waals surface area contributed by atoms with E-state index in [1.54, 1.807) is 20.8 Å². The second-order valence-electron chi connectivity index (χ2n) is 9.36. The molecule has 1 saturated carbocycles. The summed E-state index contributed by atoms with van der Waals surface area (Å²) in [7, 11) is 0. The lowest BCUT2D eigenvalue weighted by Crippen LogP contribution is -2.63. The lowest BCUT2D eigenvalue weighted by molar-refractivity contribution is -0.136. The number of nitrogens with zero attached hydrogens (tertiary/aromatic N) is 1. The van der Waals surface area contributed by atoms with E-state index in [2.05, 4.69) is 5.32 Å². The molecule has 0 unspecified atom stereocenters. The second-order valence-corrected chi connectivity index (χ2v) is 9.36. The predicted octanol–water partition coefficient (Wildman–Crippen LogP) is 3.43. The minimum Gasteiger partial charge on any atom is -0.444 e. The van der Waals surface area contributed by atoms with Crippen LogP contribution in [0.25, 0.3) is 0 Å². The molecule has 7 nitrogen and oxygen atoms in total. The molecule has 0 bridgehead atoms. The second kappa shape index (κ2) is 9.48. The molecule has 2 fully saturated rings. The molecule has 1 heterocycles. The van der Waals surface area contributed by atoms with E-state index in [1.165, 1.54) is 11.0 Å². The van der Waals surface area contributed by atoms with Gasteiger partial charge in [0.15, 0.2) is 0 Å². The minimum absolute atomic E-state index is 0.177. The Balaban J connectivity index is 1.92. The normalized spacial score (nSPS) is 21.9. The van der Waals surface area contributed by atoms with Crippen LogP contribution in [0.2, 0.25) is 0 Å². The van der Waals surface area contributed by atoms with E-state index >= 15 is 0 Å². The Morgan fingerprint density at radius 3 is 2.16 bits per heavy atom. The molecule has 1 saturated heterocycles. The maximum Gasteiger partial charge on any atom is 0.410 e. The summed E-state index contributed by atoms with van der Waals surface area (Å²) in [6.07, 6.45) is -2.43. The van der Waals surface area contributed by atoms with Gasteiger partial charge in [0, 0.05) is 19.0 Å². The van der Waals surface area contributed by atoms with Crippen LogP contribution in [-0.4, -0.2) is 53.2 Å². The van der Waals surface area contributed by atoms with E-state index in [-0.39, 0.29) is 37.8 Å². The Kier molecular flexibility index (Phi) is 7.65. The number of nitrogens with two attached hydrogens (primary N) is 1. The van der Waals surface area contributed by atoms with Crippen LogP contribution in [-0.2, 0) is 14.3 Å².